The van der Waals surface area contributed by atoms with Crippen molar-refractivity contribution in [2.75, 3.05) is 5.32 Å². The number of hydrogen-bond donors (Lipinski definition) is 2. The number of benzene rings is 1. The van der Waals surface area contributed by atoms with Gasteiger partial charge in [-0.3, -0.25) is 14.0 Å². The molecular formula is C19H22N4O2S. The molecule has 0 radical (unpaired) electrons. The minimum atomic E-state index is -0.0789. The molecule has 136 valence electrons. The molecule has 0 saturated carbocycles. The van der Waals surface area contributed by atoms with Crippen LogP contribution >= 0.6 is 11.3 Å². The van der Waals surface area contributed by atoms with Crippen molar-refractivity contribution in [1.29, 1.82) is 0 Å². The van der Waals surface area contributed by atoms with Crippen LogP contribution in [0, 0.1) is 5.92 Å². The number of anilines is 1. The van der Waals surface area contributed by atoms with Crippen LogP contribution in [-0.4, -0.2) is 21.2 Å². The average molecular weight is 370 g/mol. The van der Waals surface area contributed by atoms with Gasteiger partial charge in [0.15, 0.2) is 4.96 Å². The number of thiazole rings is 1. The maximum absolute atomic E-state index is 12.1. The lowest BCUT2D eigenvalue weighted by Crippen LogP contribution is -2.25. The largest absolute Gasteiger partial charge is 0.352 e. The van der Waals surface area contributed by atoms with Crippen LogP contribution in [0.5, 0.6) is 0 Å². The number of imidazole rings is 1. The highest BCUT2D eigenvalue weighted by atomic mass is 32.1. The first-order valence-corrected chi connectivity index (χ1v) is 9.50. The molecule has 2 N–H and O–H groups in total. The van der Waals surface area contributed by atoms with Crippen molar-refractivity contribution >= 4 is 33.8 Å². The first-order valence-electron chi connectivity index (χ1n) is 8.62. The molecule has 0 fully saturated rings. The molecule has 1 atom stereocenters. The summed E-state index contributed by atoms with van der Waals surface area (Å²) in [5, 5.41) is 7.77. The van der Waals surface area contributed by atoms with E-state index >= 15 is 0 Å². The molecule has 26 heavy (non-hydrogen) atoms. The quantitative estimate of drug-likeness (QED) is 0.670. The van der Waals surface area contributed by atoms with E-state index in [9.17, 15) is 9.59 Å². The summed E-state index contributed by atoms with van der Waals surface area (Å²) >= 11 is 1.54. The van der Waals surface area contributed by atoms with Crippen molar-refractivity contribution in [2.24, 2.45) is 5.92 Å². The topological polar surface area (TPSA) is 75.5 Å². The Morgan fingerprint density at radius 2 is 2.19 bits per heavy atom. The van der Waals surface area contributed by atoms with E-state index in [1.165, 1.54) is 0 Å². The van der Waals surface area contributed by atoms with E-state index in [0.717, 1.165) is 28.3 Å². The number of fused-ring (bicyclic) bond motifs is 1. The van der Waals surface area contributed by atoms with Gasteiger partial charge in [0.05, 0.1) is 12.1 Å². The highest BCUT2D eigenvalue weighted by Crippen LogP contribution is 2.14. The third kappa shape index (κ3) is 4.49. The van der Waals surface area contributed by atoms with Crippen LogP contribution in [-0.2, 0) is 22.6 Å². The monoisotopic (exact) mass is 370 g/mol. The minimum Gasteiger partial charge on any atom is -0.352 e. The fourth-order valence-electron chi connectivity index (χ4n) is 2.50. The molecule has 1 aromatic carbocycles. The van der Waals surface area contributed by atoms with Gasteiger partial charge in [-0.05, 0) is 24.1 Å². The molecule has 3 rings (SSSR count). The normalized spacial score (nSPS) is 12.1. The van der Waals surface area contributed by atoms with E-state index in [2.05, 4.69) is 15.6 Å². The lowest BCUT2D eigenvalue weighted by atomic mass is 10.1. The van der Waals surface area contributed by atoms with Gasteiger partial charge in [0.25, 0.3) is 0 Å². The van der Waals surface area contributed by atoms with E-state index in [0.29, 0.717) is 6.54 Å². The summed E-state index contributed by atoms with van der Waals surface area (Å²) < 4.78 is 1.91. The first kappa shape index (κ1) is 18.1. The molecule has 2 aromatic heterocycles. The van der Waals surface area contributed by atoms with Crippen LogP contribution in [0.3, 0.4) is 0 Å². The van der Waals surface area contributed by atoms with Crippen LogP contribution in [0.1, 0.15) is 31.5 Å². The third-order valence-corrected chi connectivity index (χ3v) is 5.00. The van der Waals surface area contributed by atoms with Gasteiger partial charge in [-0.1, -0.05) is 26.0 Å². The summed E-state index contributed by atoms with van der Waals surface area (Å²) in [6.07, 6.45) is 4.84. The summed E-state index contributed by atoms with van der Waals surface area (Å²) in [6.45, 7) is 4.30. The molecule has 7 heteroatoms. The summed E-state index contributed by atoms with van der Waals surface area (Å²) in [5.74, 6) is -0.0962. The van der Waals surface area contributed by atoms with Crippen LogP contribution in [0.2, 0.25) is 0 Å². The van der Waals surface area contributed by atoms with Crippen LogP contribution < -0.4 is 10.6 Å². The third-order valence-electron chi connectivity index (χ3n) is 4.23. The second-order valence-corrected chi connectivity index (χ2v) is 7.15. The first-order chi connectivity index (χ1) is 12.5. The number of nitrogens with zero attached hydrogens (tertiary/aromatic N) is 2. The molecule has 1 unspecified atom stereocenters. The van der Waals surface area contributed by atoms with Gasteiger partial charge in [0.2, 0.25) is 11.8 Å². The number of carbonyl (C=O) groups excluding carboxylic acids is 2. The number of nitrogens with one attached hydrogen (secondary N) is 2. The van der Waals surface area contributed by atoms with Crippen molar-refractivity contribution in [3.05, 3.63) is 53.3 Å². The summed E-state index contributed by atoms with van der Waals surface area (Å²) in [4.78, 5) is 29.4. The van der Waals surface area contributed by atoms with E-state index in [-0.39, 0.29) is 24.2 Å². The Labute approximate surface area is 156 Å². The predicted molar refractivity (Wildman–Crippen MR) is 103 cm³/mol. The summed E-state index contributed by atoms with van der Waals surface area (Å²) in [6, 6.07) is 7.53. The Hall–Kier alpha value is -2.67. The molecule has 0 aliphatic carbocycles. The highest BCUT2D eigenvalue weighted by Gasteiger charge is 2.11. The smallest absolute Gasteiger partial charge is 0.227 e. The lowest BCUT2D eigenvalue weighted by molar-refractivity contribution is -0.121. The summed E-state index contributed by atoms with van der Waals surface area (Å²) in [7, 11) is 0. The van der Waals surface area contributed by atoms with Gasteiger partial charge in [0, 0.05) is 35.9 Å². The Balaban J connectivity index is 1.53. The molecule has 3 aromatic rings. The minimum absolute atomic E-state index is 0.00781. The number of aromatic nitrogens is 2. The SMILES string of the molecule is CCC(C)C(=O)Nc1cccc(CNC(=O)Cc2cn3ccsc3n2)c1. The van der Waals surface area contributed by atoms with Gasteiger partial charge in [-0.15, -0.1) is 11.3 Å². The zero-order valence-corrected chi connectivity index (χ0v) is 15.7. The second-order valence-electron chi connectivity index (χ2n) is 6.28. The van der Waals surface area contributed by atoms with Crippen molar-refractivity contribution < 1.29 is 9.59 Å². The molecule has 0 aliphatic heterocycles. The molecule has 0 spiro atoms. The number of hydrogen-bond acceptors (Lipinski definition) is 4. The predicted octanol–water partition coefficient (Wildman–Crippen LogP) is 3.24. The van der Waals surface area contributed by atoms with Crippen LogP contribution in [0.15, 0.2) is 42.0 Å². The molecule has 2 heterocycles. The van der Waals surface area contributed by atoms with Gasteiger partial charge in [-0.25, -0.2) is 4.98 Å². The van der Waals surface area contributed by atoms with E-state index in [1.807, 2.05) is 60.3 Å². The van der Waals surface area contributed by atoms with Gasteiger partial charge < -0.3 is 10.6 Å². The molecule has 0 aliphatic rings. The maximum Gasteiger partial charge on any atom is 0.227 e. The highest BCUT2D eigenvalue weighted by molar-refractivity contribution is 7.15. The number of carbonyl (C=O) groups is 2. The average Bonchev–Trinajstić information content (AvgIpc) is 3.21. The second kappa shape index (κ2) is 8.14. The molecule has 0 bridgehead atoms. The zero-order chi connectivity index (χ0) is 18.5. The van der Waals surface area contributed by atoms with E-state index in [1.54, 1.807) is 11.3 Å². The van der Waals surface area contributed by atoms with E-state index in [4.69, 9.17) is 0 Å². The Morgan fingerprint density at radius 1 is 1.35 bits per heavy atom. The van der Waals surface area contributed by atoms with Crippen molar-refractivity contribution in [2.45, 2.75) is 33.2 Å². The van der Waals surface area contributed by atoms with Crippen molar-refractivity contribution in [1.82, 2.24) is 14.7 Å². The lowest BCUT2D eigenvalue weighted by Gasteiger charge is -2.11. The zero-order valence-electron chi connectivity index (χ0n) is 14.9. The fourth-order valence-corrected chi connectivity index (χ4v) is 3.22. The Kier molecular flexibility index (Phi) is 5.68. The molecule has 0 saturated heterocycles. The van der Waals surface area contributed by atoms with Gasteiger partial charge >= 0.3 is 0 Å². The molecule has 2 amide bonds. The molecule has 6 nitrogen and oxygen atoms in total. The standard InChI is InChI=1S/C19H22N4O2S/c1-3-13(2)18(25)21-15-6-4-5-14(9-15)11-20-17(24)10-16-12-23-7-8-26-19(23)22-16/h4-9,12-13H,3,10-11H2,1-2H3,(H,20,24)(H,21,25). The van der Waals surface area contributed by atoms with Crippen molar-refractivity contribution in [3.63, 3.8) is 0 Å². The van der Waals surface area contributed by atoms with Crippen LogP contribution in [0.25, 0.3) is 4.96 Å². The van der Waals surface area contributed by atoms with Crippen molar-refractivity contribution in [3.8, 4) is 0 Å². The Bertz CT molecular complexity index is 887. The van der Waals surface area contributed by atoms with Gasteiger partial charge in [-0.2, -0.15) is 0 Å². The number of amides is 2. The maximum atomic E-state index is 12.1. The van der Waals surface area contributed by atoms with E-state index < -0.39 is 0 Å². The Morgan fingerprint density at radius 3 is 2.96 bits per heavy atom. The fraction of sp³-hybridized carbons (Fsp3) is 0.316. The van der Waals surface area contributed by atoms with Crippen LogP contribution in [0.4, 0.5) is 5.69 Å². The van der Waals surface area contributed by atoms with Gasteiger partial charge in [0.1, 0.15) is 0 Å². The summed E-state index contributed by atoms with van der Waals surface area (Å²) in [5.41, 5.74) is 2.44. The molecular weight excluding hydrogens is 348 g/mol. The number of rotatable bonds is 7.